The maximum absolute atomic E-state index is 13.4. The third kappa shape index (κ3) is 6.26. The number of benzene rings is 2. The van der Waals surface area contributed by atoms with Crippen molar-refractivity contribution in [3.05, 3.63) is 58.7 Å². The molecule has 1 aliphatic heterocycles. The smallest absolute Gasteiger partial charge is 0.263 e. The number of sulfonamides is 1. The van der Waals surface area contributed by atoms with Crippen molar-refractivity contribution in [3.63, 3.8) is 0 Å². The molecule has 0 bridgehead atoms. The van der Waals surface area contributed by atoms with E-state index in [-0.39, 0.29) is 27.6 Å². The van der Waals surface area contributed by atoms with Crippen LogP contribution in [0.2, 0.25) is 5.02 Å². The highest BCUT2D eigenvalue weighted by molar-refractivity contribution is 7.92. The van der Waals surface area contributed by atoms with Crippen molar-refractivity contribution in [1.29, 1.82) is 0 Å². The second-order valence-electron chi connectivity index (χ2n) is 9.66. The van der Waals surface area contributed by atoms with Crippen molar-refractivity contribution in [2.45, 2.75) is 38.0 Å². The highest BCUT2D eigenvalue weighted by Crippen LogP contribution is 2.38. The Labute approximate surface area is 222 Å². The van der Waals surface area contributed by atoms with Gasteiger partial charge in [-0.15, -0.1) is 0 Å². The Morgan fingerprint density at radius 2 is 1.73 bits per heavy atom. The van der Waals surface area contributed by atoms with Gasteiger partial charge in [-0.3, -0.25) is 4.72 Å². The number of hydrogen-bond donors (Lipinski definition) is 1. The molecule has 1 saturated heterocycles. The van der Waals surface area contributed by atoms with Crippen LogP contribution in [0.4, 0.5) is 11.8 Å². The van der Waals surface area contributed by atoms with Gasteiger partial charge in [-0.05, 0) is 42.2 Å². The summed E-state index contributed by atoms with van der Waals surface area (Å²) in [6.07, 6.45) is 0. The first kappa shape index (κ1) is 27.0. The monoisotopic (exact) mass is 546 g/mol. The van der Waals surface area contributed by atoms with E-state index in [0.29, 0.717) is 48.7 Å². The molecule has 3 aromatic rings. The summed E-state index contributed by atoms with van der Waals surface area (Å²) in [4.78, 5) is 11.2. The fourth-order valence-electron chi connectivity index (χ4n) is 3.76. The minimum Gasteiger partial charge on any atom is -0.497 e. The summed E-state index contributed by atoms with van der Waals surface area (Å²) in [7, 11) is -2.47. The Morgan fingerprint density at radius 1 is 1.05 bits per heavy atom. The summed E-state index contributed by atoms with van der Waals surface area (Å²) < 4.78 is 46.3. The summed E-state index contributed by atoms with van der Waals surface area (Å²) in [6, 6.07) is 11.7. The zero-order valence-corrected chi connectivity index (χ0v) is 23.1. The maximum atomic E-state index is 13.4. The molecule has 2 aromatic carbocycles. The minimum atomic E-state index is -4.00. The van der Waals surface area contributed by atoms with Crippen LogP contribution in [0.1, 0.15) is 32.0 Å². The van der Waals surface area contributed by atoms with Crippen LogP contribution < -0.4 is 19.1 Å². The fourth-order valence-corrected chi connectivity index (χ4v) is 4.92. The van der Waals surface area contributed by atoms with Crippen LogP contribution in [0.15, 0.2) is 47.4 Å². The highest BCUT2D eigenvalue weighted by atomic mass is 35.5. The molecule has 2 heterocycles. The summed E-state index contributed by atoms with van der Waals surface area (Å²) in [5.41, 5.74) is 1.36. The van der Waals surface area contributed by atoms with Gasteiger partial charge >= 0.3 is 0 Å². The van der Waals surface area contributed by atoms with E-state index in [1.54, 1.807) is 37.3 Å². The van der Waals surface area contributed by atoms with Gasteiger partial charge in [0, 0.05) is 19.2 Å². The van der Waals surface area contributed by atoms with Gasteiger partial charge in [-0.25, -0.2) is 13.4 Å². The third-order valence-corrected chi connectivity index (χ3v) is 7.60. The number of aromatic nitrogens is 2. The summed E-state index contributed by atoms with van der Waals surface area (Å²) in [5.74, 6) is 1.34. The summed E-state index contributed by atoms with van der Waals surface area (Å²) in [6.45, 7) is 10.2. The van der Waals surface area contributed by atoms with Gasteiger partial charge in [0.05, 0.1) is 35.9 Å². The minimum absolute atomic E-state index is 0.00720. The molecule has 0 atom stereocenters. The average molecular weight is 547 g/mol. The normalized spacial score (nSPS) is 14.4. The number of halogens is 1. The van der Waals surface area contributed by atoms with E-state index in [1.165, 1.54) is 7.11 Å². The summed E-state index contributed by atoms with van der Waals surface area (Å²) >= 11 is 6.36. The van der Waals surface area contributed by atoms with Gasteiger partial charge in [0.2, 0.25) is 5.95 Å². The quantitative estimate of drug-likeness (QED) is 0.433. The molecular weight excluding hydrogens is 516 g/mol. The fraction of sp³-hybridized carbons (Fsp3) is 0.385. The molecule has 0 amide bonds. The standard InChI is InChI=1S/C26H31ClN4O5S/c1-17-23(36-22-16-19(34-5)8-11-21(22)27)24(29-25(28-17)31-12-14-35-15-13-31)30-37(32,33)20-9-6-18(7-10-20)26(2,3)4/h6-11,16H,12-15H2,1-5H3,(H,28,29,30). The number of aryl methyl sites for hydroxylation is 1. The Hall–Kier alpha value is -3.08. The van der Waals surface area contributed by atoms with E-state index < -0.39 is 10.0 Å². The van der Waals surface area contributed by atoms with Crippen LogP contribution in [0.5, 0.6) is 17.2 Å². The first-order valence-electron chi connectivity index (χ1n) is 11.8. The number of hydrogen-bond acceptors (Lipinski definition) is 8. The number of ether oxygens (including phenoxy) is 3. The predicted molar refractivity (Wildman–Crippen MR) is 144 cm³/mol. The SMILES string of the molecule is COc1ccc(Cl)c(Oc2c(C)nc(N3CCOCC3)nc2NS(=O)(=O)c2ccc(C(C)(C)C)cc2)c1. The maximum Gasteiger partial charge on any atom is 0.263 e. The van der Waals surface area contributed by atoms with Crippen molar-refractivity contribution in [1.82, 2.24) is 9.97 Å². The van der Waals surface area contributed by atoms with E-state index in [2.05, 4.69) is 35.5 Å². The van der Waals surface area contributed by atoms with Crippen molar-refractivity contribution in [2.24, 2.45) is 0 Å². The lowest BCUT2D eigenvalue weighted by molar-refractivity contribution is 0.122. The molecule has 11 heteroatoms. The van der Waals surface area contributed by atoms with E-state index in [9.17, 15) is 8.42 Å². The van der Waals surface area contributed by atoms with Crippen molar-refractivity contribution < 1.29 is 22.6 Å². The molecule has 1 N–H and O–H groups in total. The molecule has 0 aliphatic carbocycles. The molecule has 0 saturated carbocycles. The zero-order valence-electron chi connectivity index (χ0n) is 21.5. The Bertz CT molecular complexity index is 1370. The molecule has 9 nitrogen and oxygen atoms in total. The number of nitrogens with zero attached hydrogens (tertiary/aromatic N) is 3. The topological polar surface area (TPSA) is 103 Å². The molecule has 37 heavy (non-hydrogen) atoms. The zero-order chi connectivity index (χ0) is 26.8. The second kappa shape index (κ2) is 10.7. The molecule has 1 aliphatic rings. The van der Waals surface area contributed by atoms with Gasteiger partial charge in [0.15, 0.2) is 11.6 Å². The number of morpholine rings is 1. The van der Waals surface area contributed by atoms with Crippen LogP contribution in [0.25, 0.3) is 0 Å². The molecule has 0 spiro atoms. The molecule has 198 valence electrons. The largest absolute Gasteiger partial charge is 0.497 e. The van der Waals surface area contributed by atoms with Crippen molar-refractivity contribution in [3.8, 4) is 17.2 Å². The predicted octanol–water partition coefficient (Wildman–Crippen LogP) is 5.17. The number of nitrogens with one attached hydrogen (secondary N) is 1. The molecule has 1 fully saturated rings. The Morgan fingerprint density at radius 3 is 2.35 bits per heavy atom. The van der Waals surface area contributed by atoms with Crippen LogP contribution >= 0.6 is 11.6 Å². The number of anilines is 2. The van der Waals surface area contributed by atoms with Gasteiger partial charge in [0.1, 0.15) is 11.5 Å². The van der Waals surface area contributed by atoms with Gasteiger partial charge in [0.25, 0.3) is 10.0 Å². The molecule has 0 unspecified atom stereocenters. The van der Waals surface area contributed by atoms with E-state index in [4.69, 9.17) is 25.8 Å². The molecular formula is C26H31ClN4O5S. The first-order valence-corrected chi connectivity index (χ1v) is 13.7. The molecule has 0 radical (unpaired) electrons. The Balaban J connectivity index is 1.75. The average Bonchev–Trinajstić information content (AvgIpc) is 2.87. The Kier molecular flexibility index (Phi) is 7.82. The lowest BCUT2D eigenvalue weighted by atomic mass is 9.87. The highest BCUT2D eigenvalue weighted by Gasteiger charge is 2.25. The number of methoxy groups -OCH3 is 1. The van der Waals surface area contributed by atoms with E-state index >= 15 is 0 Å². The van der Waals surface area contributed by atoms with E-state index in [0.717, 1.165) is 5.56 Å². The lowest BCUT2D eigenvalue weighted by Crippen LogP contribution is -2.37. The van der Waals surface area contributed by atoms with Crippen LogP contribution in [-0.4, -0.2) is 51.8 Å². The van der Waals surface area contributed by atoms with Crippen LogP contribution in [-0.2, 0) is 20.2 Å². The van der Waals surface area contributed by atoms with Crippen LogP contribution in [0.3, 0.4) is 0 Å². The summed E-state index contributed by atoms with van der Waals surface area (Å²) in [5, 5.41) is 0.323. The first-order chi connectivity index (χ1) is 17.5. The third-order valence-electron chi connectivity index (χ3n) is 5.93. The van der Waals surface area contributed by atoms with E-state index in [1.807, 2.05) is 17.0 Å². The second-order valence-corrected chi connectivity index (χ2v) is 11.8. The molecule has 1 aromatic heterocycles. The van der Waals surface area contributed by atoms with Crippen molar-refractivity contribution in [2.75, 3.05) is 43.0 Å². The van der Waals surface area contributed by atoms with Gasteiger partial charge in [-0.1, -0.05) is 44.5 Å². The van der Waals surface area contributed by atoms with Crippen LogP contribution in [0, 0.1) is 6.92 Å². The van der Waals surface area contributed by atoms with Crippen molar-refractivity contribution >= 4 is 33.4 Å². The number of rotatable bonds is 7. The van der Waals surface area contributed by atoms with Gasteiger partial charge in [-0.2, -0.15) is 4.98 Å². The van der Waals surface area contributed by atoms with Gasteiger partial charge < -0.3 is 19.1 Å². The molecule has 4 rings (SSSR count). The lowest BCUT2D eigenvalue weighted by Gasteiger charge is -2.28.